The lowest BCUT2D eigenvalue weighted by atomic mass is 10.1. The standard InChI is InChI=1S/C20H17N5O2/c1-27-16-9-5-6-14(12-16)13-21-20(26)19-23-22-18-11-10-17(24-25(18)19)15-7-3-2-4-8-15/h2-12H,13H2,1H3,(H,21,26). The van der Waals surface area contributed by atoms with Crippen LogP contribution in [0.5, 0.6) is 5.75 Å². The molecule has 7 nitrogen and oxygen atoms in total. The number of nitrogens with one attached hydrogen (secondary N) is 1. The van der Waals surface area contributed by atoms with Crippen molar-refractivity contribution in [2.45, 2.75) is 6.54 Å². The minimum atomic E-state index is -0.344. The molecule has 0 aliphatic heterocycles. The quantitative estimate of drug-likeness (QED) is 0.592. The molecular weight excluding hydrogens is 342 g/mol. The largest absolute Gasteiger partial charge is 0.497 e. The summed E-state index contributed by atoms with van der Waals surface area (Å²) in [7, 11) is 1.61. The molecule has 27 heavy (non-hydrogen) atoms. The molecule has 1 amide bonds. The second-order valence-corrected chi connectivity index (χ2v) is 5.91. The molecule has 134 valence electrons. The van der Waals surface area contributed by atoms with Crippen molar-refractivity contribution in [3.63, 3.8) is 0 Å². The van der Waals surface area contributed by atoms with E-state index in [0.29, 0.717) is 12.2 Å². The summed E-state index contributed by atoms with van der Waals surface area (Å²) in [4.78, 5) is 12.6. The normalized spacial score (nSPS) is 10.7. The van der Waals surface area contributed by atoms with E-state index < -0.39 is 0 Å². The summed E-state index contributed by atoms with van der Waals surface area (Å²) in [6.45, 7) is 0.351. The molecule has 2 aromatic carbocycles. The number of amides is 1. The zero-order valence-electron chi connectivity index (χ0n) is 14.7. The number of fused-ring (bicyclic) bond motifs is 1. The molecule has 0 spiro atoms. The molecule has 0 unspecified atom stereocenters. The van der Waals surface area contributed by atoms with Crippen LogP contribution in [0.3, 0.4) is 0 Å². The smallest absolute Gasteiger partial charge is 0.291 e. The summed E-state index contributed by atoms with van der Waals surface area (Å²) in [6.07, 6.45) is 0. The summed E-state index contributed by atoms with van der Waals surface area (Å²) < 4.78 is 6.66. The van der Waals surface area contributed by atoms with Crippen molar-refractivity contribution in [1.29, 1.82) is 0 Å². The van der Waals surface area contributed by atoms with Crippen molar-refractivity contribution in [3.05, 3.63) is 78.1 Å². The van der Waals surface area contributed by atoms with Crippen molar-refractivity contribution >= 4 is 11.6 Å². The number of rotatable bonds is 5. The van der Waals surface area contributed by atoms with Gasteiger partial charge in [0.1, 0.15) is 5.75 Å². The topological polar surface area (TPSA) is 81.4 Å². The zero-order chi connectivity index (χ0) is 18.6. The van der Waals surface area contributed by atoms with Crippen molar-refractivity contribution in [1.82, 2.24) is 25.1 Å². The Balaban J connectivity index is 1.58. The molecule has 2 heterocycles. The third-order valence-corrected chi connectivity index (χ3v) is 4.12. The van der Waals surface area contributed by atoms with Crippen LogP contribution in [0.1, 0.15) is 16.2 Å². The molecule has 4 rings (SSSR count). The van der Waals surface area contributed by atoms with E-state index in [2.05, 4.69) is 20.6 Å². The van der Waals surface area contributed by atoms with Crippen molar-refractivity contribution in [2.24, 2.45) is 0 Å². The van der Waals surface area contributed by atoms with Gasteiger partial charge in [0.05, 0.1) is 12.8 Å². The highest BCUT2D eigenvalue weighted by molar-refractivity contribution is 5.91. The van der Waals surface area contributed by atoms with E-state index >= 15 is 0 Å². The fraction of sp³-hybridized carbons (Fsp3) is 0.100. The van der Waals surface area contributed by atoms with E-state index in [-0.39, 0.29) is 11.7 Å². The van der Waals surface area contributed by atoms with E-state index in [1.807, 2.05) is 60.7 Å². The lowest BCUT2D eigenvalue weighted by Crippen LogP contribution is -2.25. The van der Waals surface area contributed by atoms with Crippen LogP contribution in [-0.4, -0.2) is 32.8 Å². The van der Waals surface area contributed by atoms with E-state index in [1.54, 1.807) is 13.2 Å². The van der Waals surface area contributed by atoms with Crippen molar-refractivity contribution in [2.75, 3.05) is 7.11 Å². The average molecular weight is 359 g/mol. The molecule has 0 aliphatic carbocycles. The third kappa shape index (κ3) is 3.48. The average Bonchev–Trinajstić information content (AvgIpc) is 3.16. The van der Waals surface area contributed by atoms with Crippen LogP contribution in [-0.2, 0) is 6.54 Å². The van der Waals surface area contributed by atoms with Gasteiger partial charge in [-0.15, -0.1) is 10.2 Å². The number of nitrogens with zero attached hydrogens (tertiary/aromatic N) is 4. The van der Waals surface area contributed by atoms with Crippen LogP contribution >= 0.6 is 0 Å². The summed E-state index contributed by atoms with van der Waals surface area (Å²) in [5.41, 5.74) is 3.14. The minimum absolute atomic E-state index is 0.144. The number of methoxy groups -OCH3 is 1. The first kappa shape index (κ1) is 16.7. The van der Waals surface area contributed by atoms with Crippen molar-refractivity contribution < 1.29 is 9.53 Å². The first-order valence-electron chi connectivity index (χ1n) is 8.43. The van der Waals surface area contributed by atoms with Gasteiger partial charge in [-0.05, 0) is 29.8 Å². The fourth-order valence-corrected chi connectivity index (χ4v) is 2.74. The molecule has 0 saturated carbocycles. The van der Waals surface area contributed by atoms with Crippen LogP contribution in [0.15, 0.2) is 66.7 Å². The van der Waals surface area contributed by atoms with E-state index in [9.17, 15) is 4.79 Å². The SMILES string of the molecule is COc1cccc(CNC(=O)c2nnc3ccc(-c4ccccc4)nn23)c1. The Labute approximate surface area is 155 Å². The molecule has 0 radical (unpaired) electrons. The Morgan fingerprint density at radius 3 is 2.70 bits per heavy atom. The predicted octanol–water partition coefficient (Wildman–Crippen LogP) is 2.73. The van der Waals surface area contributed by atoms with E-state index in [1.165, 1.54) is 4.52 Å². The monoisotopic (exact) mass is 359 g/mol. The van der Waals surface area contributed by atoms with Gasteiger partial charge < -0.3 is 10.1 Å². The minimum Gasteiger partial charge on any atom is -0.497 e. The maximum absolute atomic E-state index is 12.6. The second-order valence-electron chi connectivity index (χ2n) is 5.91. The van der Waals surface area contributed by atoms with Gasteiger partial charge in [-0.3, -0.25) is 4.79 Å². The lowest BCUT2D eigenvalue weighted by molar-refractivity contribution is 0.0938. The van der Waals surface area contributed by atoms with Crippen LogP contribution < -0.4 is 10.1 Å². The fourth-order valence-electron chi connectivity index (χ4n) is 2.74. The number of hydrogen-bond acceptors (Lipinski definition) is 5. The third-order valence-electron chi connectivity index (χ3n) is 4.12. The number of aromatic nitrogens is 4. The maximum atomic E-state index is 12.6. The molecule has 0 saturated heterocycles. The van der Waals surface area contributed by atoms with Gasteiger partial charge in [-0.2, -0.15) is 9.61 Å². The van der Waals surface area contributed by atoms with Crippen molar-refractivity contribution in [3.8, 4) is 17.0 Å². The van der Waals surface area contributed by atoms with Crippen LogP contribution in [0, 0.1) is 0 Å². The molecule has 7 heteroatoms. The number of carbonyl (C=O) groups is 1. The first-order chi connectivity index (χ1) is 13.2. The van der Waals surface area contributed by atoms with Gasteiger partial charge in [0.25, 0.3) is 5.91 Å². The number of hydrogen-bond donors (Lipinski definition) is 1. The molecule has 0 aliphatic rings. The highest BCUT2D eigenvalue weighted by atomic mass is 16.5. The summed E-state index contributed by atoms with van der Waals surface area (Å²) in [6, 6.07) is 20.9. The molecule has 4 aromatic rings. The Morgan fingerprint density at radius 1 is 1.04 bits per heavy atom. The molecule has 0 fully saturated rings. The molecule has 0 atom stereocenters. The molecular formula is C20H17N5O2. The highest BCUT2D eigenvalue weighted by Crippen LogP contribution is 2.17. The number of ether oxygens (including phenoxy) is 1. The Bertz CT molecular complexity index is 1090. The van der Waals surface area contributed by atoms with Gasteiger partial charge >= 0.3 is 0 Å². The van der Waals surface area contributed by atoms with E-state index in [4.69, 9.17) is 4.74 Å². The Hall–Kier alpha value is -3.74. The first-order valence-corrected chi connectivity index (χ1v) is 8.43. The highest BCUT2D eigenvalue weighted by Gasteiger charge is 2.16. The summed E-state index contributed by atoms with van der Waals surface area (Å²) in [5, 5.41) is 15.4. The van der Waals surface area contributed by atoms with Gasteiger partial charge in [0.2, 0.25) is 5.82 Å². The maximum Gasteiger partial charge on any atom is 0.291 e. The summed E-state index contributed by atoms with van der Waals surface area (Å²) in [5.74, 6) is 0.539. The van der Waals surface area contributed by atoms with Crippen LogP contribution in [0.2, 0.25) is 0 Å². The van der Waals surface area contributed by atoms with Gasteiger partial charge in [0, 0.05) is 12.1 Å². The number of benzene rings is 2. The predicted molar refractivity (Wildman–Crippen MR) is 100 cm³/mol. The van der Waals surface area contributed by atoms with Gasteiger partial charge in [-0.25, -0.2) is 0 Å². The summed E-state index contributed by atoms with van der Waals surface area (Å²) >= 11 is 0. The zero-order valence-corrected chi connectivity index (χ0v) is 14.7. The van der Waals surface area contributed by atoms with Crippen LogP contribution in [0.4, 0.5) is 0 Å². The van der Waals surface area contributed by atoms with Gasteiger partial charge in [-0.1, -0.05) is 42.5 Å². The Morgan fingerprint density at radius 2 is 1.89 bits per heavy atom. The number of carbonyl (C=O) groups excluding carboxylic acids is 1. The van der Waals surface area contributed by atoms with E-state index in [0.717, 1.165) is 22.6 Å². The van der Waals surface area contributed by atoms with Gasteiger partial charge in [0.15, 0.2) is 5.65 Å². The molecule has 2 aromatic heterocycles. The lowest BCUT2D eigenvalue weighted by Gasteiger charge is -2.06. The Kier molecular flexibility index (Phi) is 4.49. The second kappa shape index (κ2) is 7.25. The molecule has 0 bridgehead atoms. The van der Waals surface area contributed by atoms with Crippen LogP contribution in [0.25, 0.3) is 16.9 Å². The molecule has 1 N–H and O–H groups in total.